The van der Waals surface area contributed by atoms with Crippen molar-refractivity contribution in [3.05, 3.63) is 187 Å². The molecule has 55 heavy (non-hydrogen) atoms. The average Bonchev–Trinajstić information content (AvgIpc) is 3.89. The van der Waals surface area contributed by atoms with Gasteiger partial charge >= 0.3 is 0 Å². The lowest BCUT2D eigenvalue weighted by atomic mass is 9.97. The van der Waals surface area contributed by atoms with Crippen LogP contribution < -0.4 is 0 Å². The van der Waals surface area contributed by atoms with Gasteiger partial charge in [-0.3, -0.25) is 0 Å². The summed E-state index contributed by atoms with van der Waals surface area (Å²) >= 11 is 0. The van der Waals surface area contributed by atoms with Crippen LogP contribution in [0.5, 0.6) is 0 Å². The summed E-state index contributed by atoms with van der Waals surface area (Å²) in [6.45, 7) is 0. The van der Waals surface area contributed by atoms with E-state index in [1.54, 1.807) is 0 Å². The molecule has 0 fully saturated rings. The first-order valence-electron chi connectivity index (χ1n) is 18.3. The molecule has 0 atom stereocenters. The van der Waals surface area contributed by atoms with Gasteiger partial charge < -0.3 is 13.7 Å². The van der Waals surface area contributed by atoms with E-state index in [2.05, 4.69) is 165 Å². The van der Waals surface area contributed by atoms with Gasteiger partial charge in [0.1, 0.15) is 6.07 Å². The van der Waals surface area contributed by atoms with Gasteiger partial charge in [-0.25, -0.2) is 0 Å². The fourth-order valence-electron chi connectivity index (χ4n) is 8.93. The number of benzene rings is 8. The summed E-state index contributed by atoms with van der Waals surface area (Å²) in [6.07, 6.45) is 0. The number of para-hydroxylation sites is 5. The molecule has 0 amide bonds. The second-order valence-electron chi connectivity index (χ2n) is 13.9. The average molecular weight is 700 g/mol. The molecule has 3 aromatic heterocycles. The van der Waals surface area contributed by atoms with Crippen molar-refractivity contribution in [1.82, 2.24) is 13.7 Å². The van der Waals surface area contributed by atoms with E-state index in [4.69, 9.17) is 0 Å². The van der Waals surface area contributed by atoms with Crippen molar-refractivity contribution in [3.8, 4) is 40.3 Å². The lowest BCUT2D eigenvalue weighted by Crippen LogP contribution is -2.01. The monoisotopic (exact) mass is 699 g/mol. The Bertz CT molecular complexity index is 3420. The van der Waals surface area contributed by atoms with Gasteiger partial charge in [-0.15, -0.1) is 0 Å². The van der Waals surface area contributed by atoms with Crippen LogP contribution in [0.2, 0.25) is 0 Å². The number of nitrogens with zero attached hydrogens (tertiary/aromatic N) is 5. The van der Waals surface area contributed by atoms with Gasteiger partial charge in [-0.05, 0) is 72.3 Å². The highest BCUT2D eigenvalue weighted by molar-refractivity contribution is 6.17. The predicted molar refractivity (Wildman–Crippen MR) is 224 cm³/mol. The van der Waals surface area contributed by atoms with Crippen LogP contribution in [-0.2, 0) is 0 Å². The van der Waals surface area contributed by atoms with E-state index in [0.717, 1.165) is 66.4 Å². The molecule has 0 aliphatic rings. The summed E-state index contributed by atoms with van der Waals surface area (Å²) in [5.74, 6) is 0. The van der Waals surface area contributed by atoms with Crippen LogP contribution >= 0.6 is 0 Å². The molecule has 0 spiro atoms. The molecule has 0 saturated carbocycles. The Labute approximate surface area is 316 Å². The molecule has 0 aliphatic carbocycles. The third-order valence-electron chi connectivity index (χ3n) is 11.1. The summed E-state index contributed by atoms with van der Waals surface area (Å²) in [4.78, 5) is 0. The van der Waals surface area contributed by atoms with E-state index in [0.29, 0.717) is 11.1 Å². The summed E-state index contributed by atoms with van der Waals surface area (Å²) in [7, 11) is 0. The van der Waals surface area contributed by atoms with Crippen molar-refractivity contribution >= 4 is 65.4 Å². The highest BCUT2D eigenvalue weighted by Gasteiger charge is 2.22. The molecule has 11 rings (SSSR count). The molecule has 0 aliphatic heterocycles. The number of nitriles is 2. The Kier molecular flexibility index (Phi) is 6.61. The van der Waals surface area contributed by atoms with E-state index < -0.39 is 0 Å². The molecule has 0 N–H and O–H groups in total. The van der Waals surface area contributed by atoms with Crippen molar-refractivity contribution in [3.63, 3.8) is 0 Å². The highest BCUT2D eigenvalue weighted by atomic mass is 15.0. The largest absolute Gasteiger partial charge is 0.309 e. The summed E-state index contributed by atoms with van der Waals surface area (Å²) in [5, 5.41) is 27.8. The molecule has 254 valence electrons. The first-order chi connectivity index (χ1) is 27.2. The third kappa shape index (κ3) is 4.33. The molecular weight excluding hydrogens is 671 g/mol. The Morgan fingerprint density at radius 2 is 0.855 bits per heavy atom. The summed E-state index contributed by atoms with van der Waals surface area (Å²) < 4.78 is 6.90. The topological polar surface area (TPSA) is 62.4 Å². The smallest absolute Gasteiger partial charge is 0.101 e. The number of aromatic nitrogens is 3. The van der Waals surface area contributed by atoms with E-state index >= 15 is 0 Å². The van der Waals surface area contributed by atoms with Crippen LogP contribution in [0.3, 0.4) is 0 Å². The van der Waals surface area contributed by atoms with Crippen LogP contribution in [0, 0.1) is 22.7 Å². The van der Waals surface area contributed by atoms with Crippen molar-refractivity contribution in [2.75, 3.05) is 0 Å². The van der Waals surface area contributed by atoms with E-state index in [-0.39, 0.29) is 0 Å². The Balaban J connectivity index is 1.19. The van der Waals surface area contributed by atoms with Crippen LogP contribution in [0.15, 0.2) is 176 Å². The van der Waals surface area contributed by atoms with Crippen LogP contribution in [0.1, 0.15) is 11.1 Å². The van der Waals surface area contributed by atoms with Crippen LogP contribution in [-0.4, -0.2) is 13.7 Å². The number of fused-ring (bicyclic) bond motifs is 9. The second-order valence-corrected chi connectivity index (χ2v) is 13.9. The number of hydrogen-bond acceptors (Lipinski definition) is 2. The molecule has 3 heterocycles. The second kappa shape index (κ2) is 11.8. The molecule has 8 aromatic carbocycles. The minimum absolute atomic E-state index is 0.561. The fourth-order valence-corrected chi connectivity index (χ4v) is 8.93. The lowest BCUT2D eigenvalue weighted by molar-refractivity contribution is 1.16. The molecule has 5 nitrogen and oxygen atoms in total. The zero-order chi connectivity index (χ0) is 36.6. The highest BCUT2D eigenvalue weighted by Crippen LogP contribution is 2.42. The number of rotatable bonds is 4. The maximum absolute atomic E-state index is 10.6. The SMILES string of the molecule is N#Cc1cccc(-n2c3ccccc3c3cccc(C#N)c32)c1-c1cccc(-n2c3ccccc3c3c(-n4c5ccccc5c5ccccc54)cccc32)c1. The van der Waals surface area contributed by atoms with Gasteiger partial charge in [0.15, 0.2) is 0 Å². The van der Waals surface area contributed by atoms with Crippen molar-refractivity contribution in [2.24, 2.45) is 0 Å². The predicted octanol–water partition coefficient (Wildman–Crippen LogP) is 12.4. The van der Waals surface area contributed by atoms with Gasteiger partial charge in [-0.2, -0.15) is 10.5 Å². The Morgan fingerprint density at radius 1 is 0.364 bits per heavy atom. The Morgan fingerprint density at radius 3 is 1.55 bits per heavy atom. The minimum atomic E-state index is 0.561. The lowest BCUT2D eigenvalue weighted by Gasteiger charge is -2.17. The molecule has 11 aromatic rings. The molecule has 0 bridgehead atoms. The normalized spacial score (nSPS) is 11.6. The van der Waals surface area contributed by atoms with Gasteiger partial charge in [-0.1, -0.05) is 109 Å². The maximum Gasteiger partial charge on any atom is 0.101 e. The Hall–Kier alpha value is -7.86. The molecule has 0 unspecified atom stereocenters. The number of hydrogen-bond donors (Lipinski definition) is 0. The van der Waals surface area contributed by atoms with E-state index in [1.165, 1.54) is 27.2 Å². The zero-order valence-electron chi connectivity index (χ0n) is 29.5. The molecular formula is C50H29N5. The van der Waals surface area contributed by atoms with Crippen LogP contribution in [0.25, 0.3) is 93.6 Å². The van der Waals surface area contributed by atoms with E-state index in [9.17, 15) is 10.5 Å². The maximum atomic E-state index is 10.6. The van der Waals surface area contributed by atoms with Gasteiger partial charge in [0.05, 0.1) is 61.7 Å². The van der Waals surface area contributed by atoms with Crippen LogP contribution in [0.4, 0.5) is 0 Å². The van der Waals surface area contributed by atoms with Gasteiger partial charge in [0.2, 0.25) is 0 Å². The van der Waals surface area contributed by atoms with Gasteiger partial charge in [0.25, 0.3) is 0 Å². The third-order valence-corrected chi connectivity index (χ3v) is 11.1. The minimum Gasteiger partial charge on any atom is -0.309 e. The molecule has 5 heteroatoms. The molecule has 0 radical (unpaired) electrons. The van der Waals surface area contributed by atoms with Gasteiger partial charge in [0, 0.05) is 43.6 Å². The molecule has 0 saturated heterocycles. The summed E-state index contributed by atoms with van der Waals surface area (Å²) in [5.41, 5.74) is 12.2. The van der Waals surface area contributed by atoms with Crippen molar-refractivity contribution < 1.29 is 0 Å². The zero-order valence-corrected chi connectivity index (χ0v) is 29.5. The first-order valence-corrected chi connectivity index (χ1v) is 18.3. The quantitative estimate of drug-likeness (QED) is 0.184. The first kappa shape index (κ1) is 30.7. The fraction of sp³-hybridized carbons (Fsp3) is 0. The van der Waals surface area contributed by atoms with Crippen molar-refractivity contribution in [1.29, 1.82) is 10.5 Å². The van der Waals surface area contributed by atoms with E-state index in [1.807, 2.05) is 36.4 Å². The van der Waals surface area contributed by atoms with Crippen molar-refractivity contribution in [2.45, 2.75) is 0 Å². The standard InChI is InChI=1S/C50H29N5/c51-30-33-14-11-26-45(55-43-24-7-3-19-38(43)39-21-10-15-34(31-52)50(39)55)48(33)32-13-9-16-35(29-32)53-44-25-8-4-20-40(44)49-46(53)27-12-28-47(49)54-41-22-5-1-17-36(41)37-18-2-6-23-42(37)54/h1-29H. The summed E-state index contributed by atoms with van der Waals surface area (Å²) in [6, 6.07) is 65.9.